The number of halogens is 1. The van der Waals surface area contributed by atoms with Gasteiger partial charge < -0.3 is 9.47 Å². The molecule has 0 aromatic heterocycles. The molecule has 1 amide bonds. The summed E-state index contributed by atoms with van der Waals surface area (Å²) in [5.74, 6) is 6.01. The molecule has 0 saturated heterocycles. The first kappa shape index (κ1) is 16.1. The summed E-state index contributed by atoms with van der Waals surface area (Å²) >= 11 is 5.81. The quantitative estimate of drug-likeness (QED) is 0.487. The molecule has 5 nitrogen and oxygen atoms in total. The topological polar surface area (TPSA) is 73.6 Å². The van der Waals surface area contributed by atoms with Crippen molar-refractivity contribution in [1.82, 2.24) is 5.43 Å². The van der Waals surface area contributed by atoms with Crippen LogP contribution in [0.3, 0.4) is 0 Å². The van der Waals surface area contributed by atoms with Crippen LogP contribution in [-0.4, -0.2) is 12.0 Å². The number of ether oxygens (including phenoxy) is 2. The monoisotopic (exact) mass is 320 g/mol. The Balaban J connectivity index is 1.89. The first-order valence-corrected chi connectivity index (χ1v) is 7.10. The van der Waals surface area contributed by atoms with Crippen LogP contribution >= 0.6 is 11.6 Å². The predicted octanol–water partition coefficient (Wildman–Crippen LogP) is 2.68. The molecule has 22 heavy (non-hydrogen) atoms. The van der Waals surface area contributed by atoms with Gasteiger partial charge in [-0.3, -0.25) is 10.2 Å². The van der Waals surface area contributed by atoms with E-state index in [1.165, 1.54) is 0 Å². The van der Waals surface area contributed by atoms with E-state index in [1.54, 1.807) is 31.2 Å². The Bertz CT molecular complexity index is 614. The van der Waals surface area contributed by atoms with E-state index in [-0.39, 0.29) is 5.91 Å². The molecule has 2 aromatic carbocycles. The van der Waals surface area contributed by atoms with Gasteiger partial charge >= 0.3 is 0 Å². The lowest BCUT2D eigenvalue weighted by Gasteiger charge is -2.13. The number of amides is 1. The summed E-state index contributed by atoms with van der Waals surface area (Å²) in [4.78, 5) is 11.3. The molecule has 0 aliphatic rings. The van der Waals surface area contributed by atoms with Crippen molar-refractivity contribution in [2.45, 2.75) is 19.6 Å². The van der Waals surface area contributed by atoms with E-state index < -0.39 is 6.10 Å². The second kappa shape index (κ2) is 7.68. The van der Waals surface area contributed by atoms with Crippen LogP contribution in [0.25, 0.3) is 0 Å². The fourth-order valence-electron chi connectivity index (χ4n) is 1.74. The third-order valence-electron chi connectivity index (χ3n) is 2.97. The van der Waals surface area contributed by atoms with Crippen molar-refractivity contribution in [3.8, 4) is 11.5 Å². The van der Waals surface area contributed by atoms with Crippen LogP contribution in [0, 0.1) is 0 Å². The van der Waals surface area contributed by atoms with Gasteiger partial charge in [-0.1, -0.05) is 23.7 Å². The Morgan fingerprint density at radius 2 is 1.73 bits per heavy atom. The zero-order valence-corrected chi connectivity index (χ0v) is 12.8. The van der Waals surface area contributed by atoms with Crippen LogP contribution in [-0.2, 0) is 11.4 Å². The van der Waals surface area contributed by atoms with E-state index in [4.69, 9.17) is 26.9 Å². The summed E-state index contributed by atoms with van der Waals surface area (Å²) in [5.41, 5.74) is 3.03. The molecule has 1 unspecified atom stereocenters. The van der Waals surface area contributed by atoms with E-state index in [0.717, 1.165) is 11.3 Å². The molecule has 0 bridgehead atoms. The van der Waals surface area contributed by atoms with Gasteiger partial charge in [-0.2, -0.15) is 0 Å². The maximum atomic E-state index is 11.3. The van der Waals surface area contributed by atoms with Gasteiger partial charge in [0.2, 0.25) is 0 Å². The summed E-state index contributed by atoms with van der Waals surface area (Å²) in [6.45, 7) is 2.06. The van der Waals surface area contributed by atoms with E-state index in [9.17, 15) is 4.79 Å². The SMILES string of the molecule is CC(Oc1ccc(COc2ccc(Cl)cc2)cc1)C(=O)NN. The average Bonchev–Trinajstić information content (AvgIpc) is 2.55. The second-order valence-electron chi connectivity index (χ2n) is 4.66. The Hall–Kier alpha value is -2.24. The number of carbonyl (C=O) groups excluding carboxylic acids is 1. The van der Waals surface area contributed by atoms with Crippen molar-refractivity contribution < 1.29 is 14.3 Å². The molecule has 0 spiro atoms. The lowest BCUT2D eigenvalue weighted by molar-refractivity contribution is -0.127. The van der Waals surface area contributed by atoms with Crippen molar-refractivity contribution in [2.24, 2.45) is 5.84 Å². The smallest absolute Gasteiger partial charge is 0.274 e. The van der Waals surface area contributed by atoms with Crippen LogP contribution in [0.5, 0.6) is 11.5 Å². The number of hydrogen-bond donors (Lipinski definition) is 2. The van der Waals surface area contributed by atoms with Crippen LogP contribution in [0.1, 0.15) is 12.5 Å². The van der Waals surface area contributed by atoms with Gasteiger partial charge in [-0.15, -0.1) is 0 Å². The molecule has 6 heteroatoms. The van der Waals surface area contributed by atoms with Crippen molar-refractivity contribution in [3.05, 3.63) is 59.1 Å². The molecule has 2 rings (SSSR count). The Morgan fingerprint density at radius 1 is 1.14 bits per heavy atom. The number of nitrogens with one attached hydrogen (secondary N) is 1. The number of nitrogens with two attached hydrogens (primary N) is 1. The molecule has 0 aliphatic heterocycles. The fraction of sp³-hybridized carbons (Fsp3) is 0.188. The number of carbonyl (C=O) groups is 1. The molecule has 3 N–H and O–H groups in total. The molecular formula is C16H17ClN2O3. The Labute approximate surface area is 134 Å². The van der Waals surface area contributed by atoms with Crippen molar-refractivity contribution in [3.63, 3.8) is 0 Å². The highest BCUT2D eigenvalue weighted by Crippen LogP contribution is 2.18. The van der Waals surface area contributed by atoms with E-state index in [2.05, 4.69) is 0 Å². The summed E-state index contributed by atoms with van der Waals surface area (Å²) in [7, 11) is 0. The van der Waals surface area contributed by atoms with E-state index in [1.807, 2.05) is 29.7 Å². The van der Waals surface area contributed by atoms with Crippen molar-refractivity contribution in [2.75, 3.05) is 0 Å². The van der Waals surface area contributed by atoms with Crippen LogP contribution in [0.2, 0.25) is 5.02 Å². The minimum atomic E-state index is -0.652. The molecule has 0 aliphatic carbocycles. The summed E-state index contributed by atoms with van der Waals surface area (Å²) in [6, 6.07) is 14.5. The third kappa shape index (κ3) is 4.65. The zero-order chi connectivity index (χ0) is 15.9. The molecule has 0 radical (unpaired) electrons. The molecular weight excluding hydrogens is 304 g/mol. The lowest BCUT2D eigenvalue weighted by Crippen LogP contribution is -2.40. The summed E-state index contributed by atoms with van der Waals surface area (Å²) < 4.78 is 11.1. The zero-order valence-electron chi connectivity index (χ0n) is 12.1. The molecule has 0 saturated carbocycles. The van der Waals surface area contributed by atoms with Gasteiger partial charge in [0.1, 0.15) is 18.1 Å². The number of benzene rings is 2. The van der Waals surface area contributed by atoms with Crippen molar-refractivity contribution in [1.29, 1.82) is 0 Å². The molecule has 2 aromatic rings. The van der Waals surface area contributed by atoms with Gasteiger partial charge in [0, 0.05) is 5.02 Å². The largest absolute Gasteiger partial charge is 0.489 e. The minimum absolute atomic E-state index is 0.379. The first-order valence-electron chi connectivity index (χ1n) is 6.73. The maximum absolute atomic E-state index is 11.3. The van der Waals surface area contributed by atoms with Gasteiger partial charge in [-0.25, -0.2) is 5.84 Å². The van der Waals surface area contributed by atoms with E-state index in [0.29, 0.717) is 17.4 Å². The van der Waals surface area contributed by atoms with Crippen LogP contribution < -0.4 is 20.7 Å². The minimum Gasteiger partial charge on any atom is -0.489 e. The average molecular weight is 321 g/mol. The standard InChI is InChI=1S/C16H17ClN2O3/c1-11(16(20)19-18)22-15-6-2-12(3-7-15)10-21-14-8-4-13(17)5-9-14/h2-9,11H,10,18H2,1H3,(H,19,20). The fourth-order valence-corrected chi connectivity index (χ4v) is 1.86. The molecule has 1 atom stereocenters. The van der Waals surface area contributed by atoms with E-state index >= 15 is 0 Å². The summed E-state index contributed by atoms with van der Waals surface area (Å²) in [5, 5.41) is 0.671. The molecule has 0 fully saturated rings. The van der Waals surface area contributed by atoms with Gasteiger partial charge in [-0.05, 0) is 48.9 Å². The van der Waals surface area contributed by atoms with Crippen molar-refractivity contribution >= 4 is 17.5 Å². The maximum Gasteiger partial charge on any atom is 0.274 e. The summed E-state index contributed by atoms with van der Waals surface area (Å²) in [6.07, 6.45) is -0.652. The van der Waals surface area contributed by atoms with Gasteiger partial charge in [0.15, 0.2) is 6.10 Å². The van der Waals surface area contributed by atoms with Crippen LogP contribution in [0.4, 0.5) is 0 Å². The lowest BCUT2D eigenvalue weighted by atomic mass is 10.2. The molecule has 0 heterocycles. The second-order valence-corrected chi connectivity index (χ2v) is 5.09. The van der Waals surface area contributed by atoms with Gasteiger partial charge in [0.05, 0.1) is 0 Å². The van der Waals surface area contributed by atoms with Gasteiger partial charge in [0.25, 0.3) is 5.91 Å². The highest BCUT2D eigenvalue weighted by Gasteiger charge is 2.12. The normalized spacial score (nSPS) is 11.6. The number of hydrogen-bond acceptors (Lipinski definition) is 4. The number of hydrazine groups is 1. The Morgan fingerprint density at radius 3 is 2.32 bits per heavy atom. The Kier molecular flexibility index (Phi) is 5.63. The predicted molar refractivity (Wildman–Crippen MR) is 84.6 cm³/mol. The first-order chi connectivity index (χ1) is 10.6. The van der Waals surface area contributed by atoms with Crippen LogP contribution in [0.15, 0.2) is 48.5 Å². The number of rotatable bonds is 6. The highest BCUT2D eigenvalue weighted by atomic mass is 35.5. The third-order valence-corrected chi connectivity index (χ3v) is 3.22. The molecule has 116 valence electrons. The highest BCUT2D eigenvalue weighted by molar-refractivity contribution is 6.30.